The van der Waals surface area contributed by atoms with Crippen LogP contribution in [0.15, 0.2) is 52.1 Å². The highest BCUT2D eigenvalue weighted by Gasteiger charge is 2.10. The van der Waals surface area contributed by atoms with Crippen LogP contribution < -0.4 is 10.6 Å². The highest BCUT2D eigenvalue weighted by molar-refractivity contribution is 5.79. The van der Waals surface area contributed by atoms with Gasteiger partial charge in [0.15, 0.2) is 5.96 Å². The fourth-order valence-electron chi connectivity index (χ4n) is 3.31. The third-order valence-electron chi connectivity index (χ3n) is 4.97. The lowest BCUT2D eigenvalue weighted by atomic mass is 10.1. The Hall–Kier alpha value is -2.31. The molecule has 0 atom stereocenters. The van der Waals surface area contributed by atoms with Crippen LogP contribution in [0.3, 0.4) is 0 Å². The van der Waals surface area contributed by atoms with E-state index in [2.05, 4.69) is 46.7 Å². The summed E-state index contributed by atoms with van der Waals surface area (Å²) in [7, 11) is 0. The Morgan fingerprint density at radius 1 is 1.04 bits per heavy atom. The number of rotatable bonds is 9. The molecule has 0 bridgehead atoms. The number of ether oxygens (including phenoxy) is 1. The Morgan fingerprint density at radius 2 is 1.82 bits per heavy atom. The van der Waals surface area contributed by atoms with Crippen molar-refractivity contribution in [2.45, 2.75) is 26.3 Å². The van der Waals surface area contributed by atoms with E-state index in [4.69, 9.17) is 14.1 Å². The van der Waals surface area contributed by atoms with Gasteiger partial charge in [0.1, 0.15) is 5.76 Å². The zero-order valence-electron chi connectivity index (χ0n) is 16.8. The number of nitrogens with zero attached hydrogens (tertiary/aromatic N) is 2. The maximum atomic E-state index is 5.42. The largest absolute Gasteiger partial charge is 0.469 e. The highest BCUT2D eigenvalue weighted by atomic mass is 16.5. The Morgan fingerprint density at radius 3 is 2.57 bits per heavy atom. The lowest BCUT2D eigenvalue weighted by Gasteiger charge is -2.26. The SMILES string of the molecule is CCc1ccccc1CN=C(NCCc1ccco1)NCCN1CCOCC1. The van der Waals surface area contributed by atoms with Crippen molar-refractivity contribution in [2.24, 2.45) is 4.99 Å². The van der Waals surface area contributed by atoms with Crippen molar-refractivity contribution in [3.8, 4) is 0 Å². The predicted molar refractivity (Wildman–Crippen MR) is 113 cm³/mol. The summed E-state index contributed by atoms with van der Waals surface area (Å²) in [6.45, 7) is 9.17. The third kappa shape index (κ3) is 6.69. The minimum atomic E-state index is 0.678. The number of aryl methyl sites for hydroxylation is 1. The Bertz CT molecular complexity index is 709. The monoisotopic (exact) mass is 384 g/mol. The van der Waals surface area contributed by atoms with Crippen LogP contribution in [0.1, 0.15) is 23.8 Å². The van der Waals surface area contributed by atoms with Gasteiger partial charge in [-0.1, -0.05) is 31.2 Å². The van der Waals surface area contributed by atoms with Gasteiger partial charge in [-0.3, -0.25) is 4.90 Å². The van der Waals surface area contributed by atoms with Crippen molar-refractivity contribution < 1.29 is 9.15 Å². The number of hydrogen-bond donors (Lipinski definition) is 2. The van der Waals surface area contributed by atoms with E-state index in [0.717, 1.165) is 70.5 Å². The topological polar surface area (TPSA) is 62.0 Å². The van der Waals surface area contributed by atoms with Crippen LogP contribution in [0, 0.1) is 0 Å². The molecule has 28 heavy (non-hydrogen) atoms. The van der Waals surface area contributed by atoms with Gasteiger partial charge in [-0.2, -0.15) is 0 Å². The van der Waals surface area contributed by atoms with E-state index < -0.39 is 0 Å². The van der Waals surface area contributed by atoms with Crippen LogP contribution in [0.4, 0.5) is 0 Å². The quantitative estimate of drug-likeness (QED) is 0.514. The highest BCUT2D eigenvalue weighted by Crippen LogP contribution is 2.10. The molecule has 6 heteroatoms. The molecule has 3 rings (SSSR count). The molecule has 1 aliphatic heterocycles. The number of nitrogens with one attached hydrogen (secondary N) is 2. The standard InChI is InChI=1S/C22H32N4O2/c1-2-19-6-3-4-7-20(19)18-25-22(23-10-9-21-8-5-15-28-21)24-11-12-26-13-16-27-17-14-26/h3-8,15H,2,9-14,16-18H2,1H3,(H2,23,24,25). The summed E-state index contributed by atoms with van der Waals surface area (Å²) in [5.41, 5.74) is 2.64. The molecule has 0 saturated carbocycles. The van der Waals surface area contributed by atoms with Gasteiger partial charge < -0.3 is 19.8 Å². The third-order valence-corrected chi connectivity index (χ3v) is 4.97. The molecule has 0 amide bonds. The van der Waals surface area contributed by atoms with Crippen molar-refractivity contribution in [2.75, 3.05) is 45.9 Å². The molecule has 6 nitrogen and oxygen atoms in total. The first kappa shape index (κ1) is 20.4. The van der Waals surface area contributed by atoms with Crippen LogP contribution in [0.25, 0.3) is 0 Å². The van der Waals surface area contributed by atoms with Crippen molar-refractivity contribution >= 4 is 5.96 Å². The maximum absolute atomic E-state index is 5.42. The minimum Gasteiger partial charge on any atom is -0.469 e. The molecule has 152 valence electrons. The average molecular weight is 385 g/mol. The van der Waals surface area contributed by atoms with Gasteiger partial charge in [-0.25, -0.2) is 4.99 Å². The zero-order valence-corrected chi connectivity index (χ0v) is 16.8. The van der Waals surface area contributed by atoms with E-state index in [0.29, 0.717) is 6.54 Å². The van der Waals surface area contributed by atoms with Crippen LogP contribution in [0.5, 0.6) is 0 Å². The lowest BCUT2D eigenvalue weighted by molar-refractivity contribution is 0.0389. The van der Waals surface area contributed by atoms with Crippen molar-refractivity contribution in [1.29, 1.82) is 0 Å². The van der Waals surface area contributed by atoms with Crippen LogP contribution >= 0.6 is 0 Å². The van der Waals surface area contributed by atoms with E-state index in [1.165, 1.54) is 11.1 Å². The van der Waals surface area contributed by atoms with E-state index >= 15 is 0 Å². The molecular formula is C22H32N4O2. The van der Waals surface area contributed by atoms with Gasteiger partial charge in [0.25, 0.3) is 0 Å². The van der Waals surface area contributed by atoms with Gasteiger partial charge in [0, 0.05) is 39.1 Å². The smallest absolute Gasteiger partial charge is 0.191 e. The molecule has 1 aromatic carbocycles. The molecule has 1 fully saturated rings. The normalized spacial score (nSPS) is 15.5. The Labute approximate surface area is 168 Å². The minimum absolute atomic E-state index is 0.678. The zero-order chi connectivity index (χ0) is 19.4. The second kappa shape index (κ2) is 11.5. The van der Waals surface area contributed by atoms with Crippen LogP contribution in [0.2, 0.25) is 0 Å². The van der Waals surface area contributed by atoms with Gasteiger partial charge in [-0.05, 0) is 29.7 Å². The summed E-state index contributed by atoms with van der Waals surface area (Å²) in [6.07, 6.45) is 3.58. The summed E-state index contributed by atoms with van der Waals surface area (Å²) in [6, 6.07) is 12.4. The number of guanidine groups is 1. The van der Waals surface area contributed by atoms with Gasteiger partial charge in [-0.15, -0.1) is 0 Å². The summed E-state index contributed by atoms with van der Waals surface area (Å²) in [4.78, 5) is 7.24. The Kier molecular flexibility index (Phi) is 8.40. The first-order valence-corrected chi connectivity index (χ1v) is 10.3. The second-order valence-electron chi connectivity index (χ2n) is 6.92. The fraction of sp³-hybridized carbons (Fsp3) is 0.500. The number of hydrogen-bond acceptors (Lipinski definition) is 4. The predicted octanol–water partition coefficient (Wildman–Crippen LogP) is 2.45. The molecule has 1 aromatic heterocycles. The van der Waals surface area contributed by atoms with E-state index in [1.807, 2.05) is 12.1 Å². The van der Waals surface area contributed by atoms with Crippen molar-refractivity contribution in [3.63, 3.8) is 0 Å². The summed E-state index contributed by atoms with van der Waals surface area (Å²) in [5.74, 6) is 1.84. The van der Waals surface area contributed by atoms with E-state index in [9.17, 15) is 0 Å². The van der Waals surface area contributed by atoms with Crippen LogP contribution in [-0.2, 0) is 24.1 Å². The van der Waals surface area contributed by atoms with E-state index in [-0.39, 0.29) is 0 Å². The summed E-state index contributed by atoms with van der Waals surface area (Å²) < 4.78 is 10.8. The average Bonchev–Trinajstić information content (AvgIpc) is 3.26. The Balaban J connectivity index is 1.54. The molecule has 0 aliphatic carbocycles. The van der Waals surface area contributed by atoms with Crippen molar-refractivity contribution in [3.05, 3.63) is 59.5 Å². The number of furan rings is 1. The lowest BCUT2D eigenvalue weighted by Crippen LogP contribution is -2.44. The van der Waals surface area contributed by atoms with E-state index in [1.54, 1.807) is 6.26 Å². The molecular weight excluding hydrogens is 352 g/mol. The van der Waals surface area contributed by atoms with Gasteiger partial charge in [0.2, 0.25) is 0 Å². The molecule has 2 aromatic rings. The first-order valence-electron chi connectivity index (χ1n) is 10.3. The first-order chi connectivity index (χ1) is 13.8. The maximum Gasteiger partial charge on any atom is 0.191 e. The molecule has 0 spiro atoms. The summed E-state index contributed by atoms with van der Waals surface area (Å²) in [5, 5.41) is 6.92. The molecule has 0 radical (unpaired) electrons. The molecule has 2 N–H and O–H groups in total. The number of aliphatic imine (C=N–C) groups is 1. The molecule has 2 heterocycles. The number of morpholine rings is 1. The molecule has 1 saturated heterocycles. The molecule has 1 aliphatic rings. The van der Waals surface area contributed by atoms with Crippen molar-refractivity contribution in [1.82, 2.24) is 15.5 Å². The van der Waals surface area contributed by atoms with Gasteiger partial charge in [0.05, 0.1) is 26.0 Å². The van der Waals surface area contributed by atoms with Gasteiger partial charge >= 0.3 is 0 Å². The summed E-state index contributed by atoms with van der Waals surface area (Å²) >= 11 is 0. The number of benzene rings is 1. The second-order valence-corrected chi connectivity index (χ2v) is 6.92. The molecule has 0 unspecified atom stereocenters. The fourth-order valence-corrected chi connectivity index (χ4v) is 3.31. The van der Waals surface area contributed by atoms with Crippen LogP contribution in [-0.4, -0.2) is 56.8 Å².